The highest BCUT2D eigenvalue weighted by atomic mass is 79.9. The largest absolute Gasteiger partial charge is 0.345 e. The molecule has 0 bridgehead atoms. The Morgan fingerprint density at radius 3 is 2.07 bits per heavy atom. The summed E-state index contributed by atoms with van der Waals surface area (Å²) in [6, 6.07) is 30.3. The summed E-state index contributed by atoms with van der Waals surface area (Å²) in [5, 5.41) is 0. The average molecular weight is 629 g/mol. The minimum atomic E-state index is -0.0897. The maximum atomic E-state index is 13.8. The first-order valence-corrected chi connectivity index (χ1v) is 15.9. The molecule has 0 spiro atoms. The Labute approximate surface area is 259 Å². The molecule has 220 valence electrons. The quantitative estimate of drug-likeness (QED) is 0.124. The van der Waals surface area contributed by atoms with E-state index in [0.717, 1.165) is 59.9 Å². The average Bonchev–Trinajstić information content (AvgIpc) is 3.46. The highest BCUT2D eigenvalue weighted by Crippen LogP contribution is 2.21. The van der Waals surface area contributed by atoms with Crippen molar-refractivity contribution in [3.63, 3.8) is 0 Å². The lowest BCUT2D eigenvalue weighted by Gasteiger charge is -2.28. The van der Waals surface area contributed by atoms with Gasteiger partial charge in [0.2, 0.25) is 5.91 Å². The van der Waals surface area contributed by atoms with Crippen molar-refractivity contribution in [3.05, 3.63) is 118 Å². The molecule has 6 heteroatoms. The van der Waals surface area contributed by atoms with Gasteiger partial charge in [-0.1, -0.05) is 104 Å². The molecule has 1 heterocycles. The summed E-state index contributed by atoms with van der Waals surface area (Å²) in [5.74, 6) is -0.0984. The summed E-state index contributed by atoms with van der Waals surface area (Å²) in [4.78, 5) is 31.2. The van der Waals surface area contributed by atoms with Crippen LogP contribution in [0.5, 0.6) is 0 Å². The number of amides is 2. The van der Waals surface area contributed by atoms with Gasteiger partial charge in [0.1, 0.15) is 6.54 Å². The first-order valence-electron chi connectivity index (χ1n) is 15.1. The van der Waals surface area contributed by atoms with Crippen LogP contribution < -0.4 is 0 Å². The standard InChI is InChI=1S/C36H42BrN3O2/c1-3-5-10-24-40(36(42)32-19-17-31(18-20-32)30-12-8-7-9-13-30)28-35(41)39(23-6-4-2)27-34-14-11-25-38(34)26-29-15-21-33(37)22-16-29/h7-9,11-22,25H,3-6,10,23-24,26-28H2,1-2H3. The summed E-state index contributed by atoms with van der Waals surface area (Å²) in [7, 11) is 0. The highest BCUT2D eigenvalue weighted by molar-refractivity contribution is 9.10. The minimum absolute atomic E-state index is 0.00871. The van der Waals surface area contributed by atoms with E-state index in [4.69, 9.17) is 0 Å². The molecule has 3 aromatic carbocycles. The van der Waals surface area contributed by atoms with Crippen LogP contribution in [0.4, 0.5) is 0 Å². The molecule has 0 aliphatic carbocycles. The zero-order valence-electron chi connectivity index (χ0n) is 24.8. The third kappa shape index (κ3) is 8.93. The Morgan fingerprint density at radius 1 is 0.714 bits per heavy atom. The smallest absolute Gasteiger partial charge is 0.254 e. The van der Waals surface area contributed by atoms with Crippen LogP contribution in [0.3, 0.4) is 0 Å². The second kappa shape index (κ2) is 16.1. The van der Waals surface area contributed by atoms with Crippen LogP contribution in [0, 0.1) is 0 Å². The fourth-order valence-corrected chi connectivity index (χ4v) is 5.32. The van der Waals surface area contributed by atoms with E-state index in [9.17, 15) is 9.59 Å². The number of halogens is 1. The second-order valence-electron chi connectivity index (χ2n) is 10.8. The van der Waals surface area contributed by atoms with Crippen molar-refractivity contribution in [2.45, 2.75) is 59.0 Å². The van der Waals surface area contributed by atoms with Gasteiger partial charge in [-0.25, -0.2) is 0 Å². The lowest BCUT2D eigenvalue weighted by Crippen LogP contribution is -2.43. The Morgan fingerprint density at radius 2 is 1.38 bits per heavy atom. The van der Waals surface area contributed by atoms with E-state index >= 15 is 0 Å². The first kappa shape index (κ1) is 31.3. The molecule has 0 fully saturated rings. The topological polar surface area (TPSA) is 45.6 Å². The van der Waals surface area contributed by atoms with Gasteiger partial charge in [-0.15, -0.1) is 0 Å². The summed E-state index contributed by atoms with van der Waals surface area (Å²) in [6.45, 7) is 6.87. The molecular weight excluding hydrogens is 586 g/mol. The number of carbonyl (C=O) groups excluding carboxylic acids is 2. The Bertz CT molecular complexity index is 1400. The van der Waals surface area contributed by atoms with Gasteiger partial charge in [0.15, 0.2) is 0 Å². The number of aromatic nitrogens is 1. The zero-order valence-corrected chi connectivity index (χ0v) is 26.4. The van der Waals surface area contributed by atoms with Gasteiger partial charge in [-0.2, -0.15) is 0 Å². The van der Waals surface area contributed by atoms with E-state index in [1.165, 1.54) is 5.56 Å². The lowest BCUT2D eigenvalue weighted by molar-refractivity contribution is -0.132. The molecule has 4 rings (SSSR count). The summed E-state index contributed by atoms with van der Waals surface area (Å²) < 4.78 is 3.26. The fraction of sp³-hybridized carbons (Fsp3) is 0.333. The van der Waals surface area contributed by atoms with Crippen molar-refractivity contribution in [1.29, 1.82) is 0 Å². The normalized spacial score (nSPS) is 10.9. The molecule has 5 nitrogen and oxygen atoms in total. The third-order valence-electron chi connectivity index (χ3n) is 7.56. The van der Waals surface area contributed by atoms with E-state index < -0.39 is 0 Å². The number of rotatable bonds is 15. The summed E-state index contributed by atoms with van der Waals surface area (Å²) in [5.41, 5.74) is 5.08. The monoisotopic (exact) mass is 627 g/mol. The van der Waals surface area contributed by atoms with Crippen molar-refractivity contribution in [3.8, 4) is 11.1 Å². The van der Waals surface area contributed by atoms with E-state index in [0.29, 0.717) is 25.2 Å². The van der Waals surface area contributed by atoms with E-state index in [1.807, 2.05) is 53.4 Å². The molecular formula is C36H42BrN3O2. The van der Waals surface area contributed by atoms with Crippen molar-refractivity contribution >= 4 is 27.7 Å². The van der Waals surface area contributed by atoms with Crippen molar-refractivity contribution in [2.24, 2.45) is 0 Å². The van der Waals surface area contributed by atoms with E-state index in [-0.39, 0.29) is 18.4 Å². The zero-order chi connectivity index (χ0) is 29.7. The number of hydrogen-bond acceptors (Lipinski definition) is 2. The number of unbranched alkanes of at least 4 members (excludes halogenated alkanes) is 3. The SMILES string of the molecule is CCCCCN(CC(=O)N(CCCC)Cc1cccn1Cc1ccc(Br)cc1)C(=O)c1ccc(-c2ccccc2)cc1. The van der Waals surface area contributed by atoms with Crippen LogP contribution in [0.25, 0.3) is 11.1 Å². The predicted octanol–water partition coefficient (Wildman–Crippen LogP) is 8.43. The molecule has 0 saturated heterocycles. The van der Waals surface area contributed by atoms with Gasteiger partial charge in [0.05, 0.1) is 6.54 Å². The van der Waals surface area contributed by atoms with Crippen molar-refractivity contribution < 1.29 is 9.59 Å². The van der Waals surface area contributed by atoms with Gasteiger partial charge in [-0.05, 0) is 65.9 Å². The molecule has 0 atom stereocenters. The minimum Gasteiger partial charge on any atom is -0.345 e. The molecule has 2 amide bonds. The molecule has 1 aromatic heterocycles. The summed E-state index contributed by atoms with van der Waals surface area (Å²) >= 11 is 3.51. The predicted molar refractivity (Wildman–Crippen MR) is 175 cm³/mol. The van der Waals surface area contributed by atoms with Gasteiger partial charge in [0.25, 0.3) is 5.91 Å². The number of nitrogens with zero attached hydrogens (tertiary/aromatic N) is 3. The van der Waals surface area contributed by atoms with E-state index in [2.05, 4.69) is 83.0 Å². The van der Waals surface area contributed by atoms with Crippen molar-refractivity contribution in [2.75, 3.05) is 19.6 Å². The van der Waals surface area contributed by atoms with Gasteiger partial charge >= 0.3 is 0 Å². The van der Waals surface area contributed by atoms with Crippen LogP contribution in [-0.4, -0.2) is 45.8 Å². The molecule has 0 aliphatic rings. The van der Waals surface area contributed by atoms with Gasteiger partial charge in [0, 0.05) is 41.6 Å². The van der Waals surface area contributed by atoms with Gasteiger partial charge in [-0.3, -0.25) is 9.59 Å². The van der Waals surface area contributed by atoms with Crippen LogP contribution in [-0.2, 0) is 17.9 Å². The molecule has 0 unspecified atom stereocenters. The molecule has 0 N–H and O–H groups in total. The van der Waals surface area contributed by atoms with Crippen LogP contribution in [0.2, 0.25) is 0 Å². The maximum Gasteiger partial charge on any atom is 0.254 e. The van der Waals surface area contributed by atoms with Crippen molar-refractivity contribution in [1.82, 2.24) is 14.4 Å². The van der Waals surface area contributed by atoms with Crippen LogP contribution >= 0.6 is 15.9 Å². The van der Waals surface area contributed by atoms with Crippen LogP contribution in [0.1, 0.15) is 67.6 Å². The lowest BCUT2D eigenvalue weighted by atomic mass is 10.0. The molecule has 42 heavy (non-hydrogen) atoms. The maximum absolute atomic E-state index is 13.8. The molecule has 4 aromatic rings. The van der Waals surface area contributed by atoms with Gasteiger partial charge < -0.3 is 14.4 Å². The third-order valence-corrected chi connectivity index (χ3v) is 8.09. The summed E-state index contributed by atoms with van der Waals surface area (Å²) in [6.07, 6.45) is 6.94. The van der Waals surface area contributed by atoms with E-state index in [1.54, 1.807) is 4.90 Å². The first-order chi connectivity index (χ1) is 20.5. The Hall–Kier alpha value is -3.64. The Balaban J connectivity index is 1.49. The molecule has 0 aliphatic heterocycles. The highest BCUT2D eigenvalue weighted by Gasteiger charge is 2.23. The number of hydrogen-bond donors (Lipinski definition) is 0. The molecule has 0 radical (unpaired) electrons. The second-order valence-corrected chi connectivity index (χ2v) is 11.7. The Kier molecular flexibility index (Phi) is 12.0. The number of carbonyl (C=O) groups is 2. The molecule has 0 saturated carbocycles. The fourth-order valence-electron chi connectivity index (χ4n) is 5.06. The number of benzene rings is 3. The van der Waals surface area contributed by atoms with Crippen LogP contribution in [0.15, 0.2) is 102 Å².